The normalized spacial score (nSPS) is 15.1. The first-order valence-electron chi connectivity index (χ1n) is 7.09. The van der Waals surface area contributed by atoms with Crippen molar-refractivity contribution in [1.29, 1.82) is 0 Å². The molecule has 0 bridgehead atoms. The minimum atomic E-state index is 0.148. The predicted molar refractivity (Wildman–Crippen MR) is 81.5 cm³/mol. The molecule has 1 aromatic carbocycles. The summed E-state index contributed by atoms with van der Waals surface area (Å²) in [4.78, 5) is 4.18. The second-order valence-electron chi connectivity index (χ2n) is 6.35. The Morgan fingerprint density at radius 1 is 1.05 bits per heavy atom. The van der Waals surface area contributed by atoms with Crippen molar-refractivity contribution in [3.05, 3.63) is 47.5 Å². The fraction of sp³-hybridized carbons (Fsp3) is 0.500. The van der Waals surface area contributed by atoms with E-state index in [2.05, 4.69) is 79.4 Å². The van der Waals surface area contributed by atoms with Crippen LogP contribution in [0.25, 0.3) is 0 Å². The summed E-state index contributed by atoms with van der Waals surface area (Å²) < 4.78 is 0. The van der Waals surface area contributed by atoms with E-state index in [9.17, 15) is 0 Å². The monoisotopic (exact) mass is 272 g/mol. The third kappa shape index (κ3) is 3.45. The zero-order chi connectivity index (χ0) is 14.8. The fourth-order valence-electron chi connectivity index (χ4n) is 2.25. The number of nitrogens with one attached hydrogen (secondary N) is 2. The van der Waals surface area contributed by atoms with Gasteiger partial charge in [0.1, 0.15) is 12.2 Å². The number of aromatic nitrogens is 3. The molecular weight excluding hydrogens is 248 g/mol. The molecule has 4 heteroatoms. The van der Waals surface area contributed by atoms with Crippen molar-refractivity contribution in [3.8, 4) is 0 Å². The van der Waals surface area contributed by atoms with Crippen molar-refractivity contribution < 1.29 is 0 Å². The van der Waals surface area contributed by atoms with Crippen molar-refractivity contribution in [3.63, 3.8) is 0 Å². The third-order valence-electron chi connectivity index (χ3n) is 3.62. The molecule has 2 unspecified atom stereocenters. The molecule has 0 amide bonds. The summed E-state index contributed by atoms with van der Waals surface area (Å²) in [5.74, 6) is 0.864. The summed E-state index contributed by atoms with van der Waals surface area (Å²) in [6, 6.07) is 9.24. The van der Waals surface area contributed by atoms with E-state index < -0.39 is 0 Å². The molecule has 0 aliphatic rings. The number of aromatic amines is 1. The Bertz CT molecular complexity index is 523. The van der Waals surface area contributed by atoms with Gasteiger partial charge in [-0.2, -0.15) is 5.10 Å². The van der Waals surface area contributed by atoms with Crippen LogP contribution in [-0.2, 0) is 5.41 Å². The van der Waals surface area contributed by atoms with E-state index in [0.29, 0.717) is 0 Å². The average Bonchev–Trinajstić information content (AvgIpc) is 2.91. The van der Waals surface area contributed by atoms with Crippen LogP contribution in [0.2, 0.25) is 0 Å². The van der Waals surface area contributed by atoms with Gasteiger partial charge in [0, 0.05) is 6.04 Å². The van der Waals surface area contributed by atoms with Gasteiger partial charge in [0.25, 0.3) is 0 Å². The van der Waals surface area contributed by atoms with Gasteiger partial charge in [0.15, 0.2) is 0 Å². The number of nitrogens with zero attached hydrogens (tertiary/aromatic N) is 2. The van der Waals surface area contributed by atoms with Crippen molar-refractivity contribution in [2.75, 3.05) is 0 Å². The molecule has 2 atom stereocenters. The molecule has 1 heterocycles. The largest absolute Gasteiger partial charge is 0.301 e. The Kier molecular flexibility index (Phi) is 4.23. The second kappa shape index (κ2) is 5.75. The van der Waals surface area contributed by atoms with Gasteiger partial charge in [-0.1, -0.05) is 45.0 Å². The zero-order valence-corrected chi connectivity index (χ0v) is 12.9. The lowest BCUT2D eigenvalue weighted by molar-refractivity contribution is 0.477. The molecule has 0 radical (unpaired) electrons. The fourth-order valence-corrected chi connectivity index (χ4v) is 2.25. The third-order valence-corrected chi connectivity index (χ3v) is 3.62. The predicted octanol–water partition coefficient (Wildman–Crippen LogP) is 3.51. The SMILES string of the molecule is CC(NC(C)c1ncn[nH]1)c1ccc(C(C)(C)C)cc1. The molecule has 0 saturated heterocycles. The Hall–Kier alpha value is -1.68. The molecule has 0 aliphatic carbocycles. The molecule has 0 spiro atoms. The maximum Gasteiger partial charge on any atom is 0.141 e. The Morgan fingerprint density at radius 2 is 1.70 bits per heavy atom. The van der Waals surface area contributed by atoms with Crippen LogP contribution < -0.4 is 5.32 Å². The van der Waals surface area contributed by atoms with E-state index in [1.807, 2.05) is 0 Å². The van der Waals surface area contributed by atoms with Crippen molar-refractivity contribution in [1.82, 2.24) is 20.5 Å². The lowest BCUT2D eigenvalue weighted by atomic mass is 9.86. The van der Waals surface area contributed by atoms with Gasteiger partial charge in [-0.3, -0.25) is 5.10 Å². The van der Waals surface area contributed by atoms with Gasteiger partial charge in [-0.15, -0.1) is 0 Å². The van der Waals surface area contributed by atoms with Gasteiger partial charge in [0.2, 0.25) is 0 Å². The molecule has 0 saturated carbocycles. The topological polar surface area (TPSA) is 53.6 Å². The second-order valence-corrected chi connectivity index (χ2v) is 6.35. The highest BCUT2D eigenvalue weighted by Gasteiger charge is 2.16. The molecule has 0 fully saturated rings. The van der Waals surface area contributed by atoms with E-state index in [1.165, 1.54) is 17.5 Å². The zero-order valence-electron chi connectivity index (χ0n) is 12.9. The van der Waals surface area contributed by atoms with E-state index in [1.54, 1.807) is 0 Å². The van der Waals surface area contributed by atoms with Gasteiger partial charge in [0.05, 0.1) is 6.04 Å². The van der Waals surface area contributed by atoms with Gasteiger partial charge in [-0.25, -0.2) is 4.98 Å². The number of rotatable bonds is 4. The summed E-state index contributed by atoms with van der Waals surface area (Å²) >= 11 is 0. The van der Waals surface area contributed by atoms with E-state index >= 15 is 0 Å². The highest BCUT2D eigenvalue weighted by Crippen LogP contribution is 2.24. The van der Waals surface area contributed by atoms with Gasteiger partial charge in [-0.05, 0) is 30.4 Å². The standard InChI is InChI=1S/C16H24N4/c1-11(19-12(2)15-17-10-18-20-15)13-6-8-14(9-7-13)16(3,4)5/h6-12,19H,1-5H3,(H,17,18,20). The number of hydrogen-bond donors (Lipinski definition) is 2. The molecule has 4 nitrogen and oxygen atoms in total. The van der Waals surface area contributed by atoms with Crippen LogP contribution in [-0.4, -0.2) is 15.2 Å². The van der Waals surface area contributed by atoms with Gasteiger partial charge >= 0.3 is 0 Å². The molecule has 2 N–H and O–H groups in total. The first-order chi connectivity index (χ1) is 9.38. The van der Waals surface area contributed by atoms with Crippen molar-refractivity contribution in [2.24, 2.45) is 0 Å². The first-order valence-corrected chi connectivity index (χ1v) is 7.09. The van der Waals surface area contributed by atoms with Crippen LogP contribution >= 0.6 is 0 Å². The van der Waals surface area contributed by atoms with Crippen molar-refractivity contribution >= 4 is 0 Å². The van der Waals surface area contributed by atoms with Crippen LogP contribution in [0.1, 0.15) is 63.7 Å². The summed E-state index contributed by atoms with van der Waals surface area (Å²) in [5, 5.41) is 10.3. The smallest absolute Gasteiger partial charge is 0.141 e. The number of benzene rings is 1. The number of hydrogen-bond acceptors (Lipinski definition) is 3. The van der Waals surface area contributed by atoms with Crippen LogP contribution in [0.4, 0.5) is 0 Å². The molecule has 2 rings (SSSR count). The summed E-state index contributed by atoms with van der Waals surface area (Å²) in [6.45, 7) is 10.9. The summed E-state index contributed by atoms with van der Waals surface area (Å²) in [6.07, 6.45) is 1.54. The maximum atomic E-state index is 4.18. The minimum absolute atomic E-state index is 0.148. The molecule has 1 aromatic heterocycles. The van der Waals surface area contributed by atoms with Crippen molar-refractivity contribution in [2.45, 2.75) is 52.1 Å². The van der Waals surface area contributed by atoms with Crippen LogP contribution in [0.3, 0.4) is 0 Å². The minimum Gasteiger partial charge on any atom is -0.301 e. The van der Waals surface area contributed by atoms with E-state index in [-0.39, 0.29) is 17.5 Å². The molecule has 0 aliphatic heterocycles. The summed E-state index contributed by atoms with van der Waals surface area (Å²) in [7, 11) is 0. The summed E-state index contributed by atoms with van der Waals surface area (Å²) in [5.41, 5.74) is 2.84. The highest BCUT2D eigenvalue weighted by atomic mass is 15.2. The Balaban J connectivity index is 2.04. The van der Waals surface area contributed by atoms with E-state index in [4.69, 9.17) is 0 Å². The van der Waals surface area contributed by atoms with Gasteiger partial charge < -0.3 is 5.32 Å². The number of H-pyrrole nitrogens is 1. The quantitative estimate of drug-likeness (QED) is 0.895. The van der Waals surface area contributed by atoms with Crippen LogP contribution in [0, 0.1) is 0 Å². The lowest BCUT2D eigenvalue weighted by Gasteiger charge is -2.22. The van der Waals surface area contributed by atoms with Crippen LogP contribution in [0.5, 0.6) is 0 Å². The van der Waals surface area contributed by atoms with Crippen LogP contribution in [0.15, 0.2) is 30.6 Å². The molecule has 108 valence electrons. The molecule has 20 heavy (non-hydrogen) atoms. The molecule has 2 aromatic rings. The average molecular weight is 272 g/mol. The molecular formula is C16H24N4. The highest BCUT2D eigenvalue weighted by molar-refractivity contribution is 5.29. The van der Waals surface area contributed by atoms with E-state index in [0.717, 1.165) is 5.82 Å². The first kappa shape index (κ1) is 14.7. The lowest BCUT2D eigenvalue weighted by Crippen LogP contribution is -2.23. The Morgan fingerprint density at radius 3 is 2.20 bits per heavy atom. The Labute approximate surface area is 121 Å². The maximum absolute atomic E-state index is 4.18.